The Labute approximate surface area is 118 Å². The molecule has 1 nitrogen and oxygen atoms in total. The standard InChI is InChI=1S/C14H13F4NS/c1-8-10(5-6-20-8)13(19-2)9-3-4-12(15)11(7-9)14(16,17)18/h3-7,13,19H,1-2H3. The van der Waals surface area contributed by atoms with Crippen molar-refractivity contribution in [2.24, 2.45) is 0 Å². The van der Waals surface area contributed by atoms with E-state index in [1.54, 1.807) is 7.05 Å². The lowest BCUT2D eigenvalue weighted by molar-refractivity contribution is -0.140. The van der Waals surface area contributed by atoms with Crippen LogP contribution in [-0.2, 0) is 6.18 Å². The summed E-state index contributed by atoms with van der Waals surface area (Å²) in [6.45, 7) is 1.90. The molecule has 0 aliphatic carbocycles. The molecule has 0 fully saturated rings. The number of hydrogen-bond donors (Lipinski definition) is 1. The predicted molar refractivity (Wildman–Crippen MR) is 71.4 cm³/mol. The first kappa shape index (κ1) is 15.0. The summed E-state index contributed by atoms with van der Waals surface area (Å²) in [5.41, 5.74) is 0.0584. The molecule has 1 atom stereocenters. The lowest BCUT2D eigenvalue weighted by Crippen LogP contribution is -2.19. The molecule has 0 spiro atoms. The van der Waals surface area contributed by atoms with Crippen molar-refractivity contribution in [1.82, 2.24) is 5.32 Å². The van der Waals surface area contributed by atoms with Gasteiger partial charge in [-0.25, -0.2) is 4.39 Å². The van der Waals surface area contributed by atoms with Gasteiger partial charge in [0.1, 0.15) is 5.82 Å². The van der Waals surface area contributed by atoms with Gasteiger partial charge in [0.05, 0.1) is 11.6 Å². The molecule has 0 radical (unpaired) electrons. The predicted octanol–water partition coefficient (Wildman–Crippen LogP) is 4.52. The summed E-state index contributed by atoms with van der Waals surface area (Å²) in [6, 6.07) is 4.58. The summed E-state index contributed by atoms with van der Waals surface area (Å²) in [4.78, 5) is 1.02. The molecule has 2 rings (SSSR count). The maximum Gasteiger partial charge on any atom is 0.419 e. The maximum absolute atomic E-state index is 13.3. The molecule has 108 valence electrons. The lowest BCUT2D eigenvalue weighted by atomic mass is 9.97. The van der Waals surface area contributed by atoms with Crippen molar-refractivity contribution >= 4 is 11.3 Å². The number of nitrogens with one attached hydrogen (secondary N) is 1. The Morgan fingerprint density at radius 2 is 1.90 bits per heavy atom. The van der Waals surface area contributed by atoms with E-state index in [-0.39, 0.29) is 6.04 Å². The number of halogens is 4. The summed E-state index contributed by atoms with van der Waals surface area (Å²) < 4.78 is 51.6. The van der Waals surface area contributed by atoms with Crippen LogP contribution in [0.4, 0.5) is 17.6 Å². The molecule has 1 N–H and O–H groups in total. The third-order valence-electron chi connectivity index (χ3n) is 3.13. The lowest BCUT2D eigenvalue weighted by Gasteiger charge is -2.19. The second-order valence-corrected chi connectivity index (χ2v) is 5.51. The second kappa shape index (κ2) is 5.54. The topological polar surface area (TPSA) is 12.0 Å². The van der Waals surface area contributed by atoms with Gasteiger partial charge in [-0.05, 0) is 48.7 Å². The minimum atomic E-state index is -4.69. The van der Waals surface area contributed by atoms with Crippen LogP contribution in [0.5, 0.6) is 0 Å². The van der Waals surface area contributed by atoms with Crippen LogP contribution in [0.1, 0.15) is 27.6 Å². The van der Waals surface area contributed by atoms with Crippen LogP contribution in [0.2, 0.25) is 0 Å². The third-order valence-corrected chi connectivity index (χ3v) is 3.99. The highest BCUT2D eigenvalue weighted by molar-refractivity contribution is 7.10. The van der Waals surface area contributed by atoms with Gasteiger partial charge in [-0.2, -0.15) is 13.2 Å². The summed E-state index contributed by atoms with van der Waals surface area (Å²) in [5.74, 6) is -1.25. The normalized spacial score (nSPS) is 13.5. The van der Waals surface area contributed by atoms with Gasteiger partial charge in [0.15, 0.2) is 0 Å². The Hall–Kier alpha value is -1.40. The smallest absolute Gasteiger partial charge is 0.309 e. The third kappa shape index (κ3) is 2.86. The molecule has 1 aromatic heterocycles. The van der Waals surface area contributed by atoms with E-state index in [1.807, 2.05) is 18.4 Å². The van der Waals surface area contributed by atoms with Gasteiger partial charge in [0.25, 0.3) is 0 Å². The van der Waals surface area contributed by atoms with Gasteiger partial charge in [-0.15, -0.1) is 11.3 Å². The first-order valence-electron chi connectivity index (χ1n) is 5.92. The summed E-state index contributed by atoms with van der Waals surface area (Å²) in [5, 5.41) is 4.85. The fourth-order valence-electron chi connectivity index (χ4n) is 2.14. The SMILES string of the molecule is CNC(c1ccc(F)c(C(F)(F)F)c1)c1ccsc1C. The molecule has 0 aliphatic rings. The van der Waals surface area contributed by atoms with E-state index < -0.39 is 17.6 Å². The minimum Gasteiger partial charge on any atom is -0.309 e. The Morgan fingerprint density at radius 3 is 2.40 bits per heavy atom. The van der Waals surface area contributed by atoms with Gasteiger partial charge in [0.2, 0.25) is 0 Å². The van der Waals surface area contributed by atoms with Crippen LogP contribution in [0.3, 0.4) is 0 Å². The number of benzene rings is 1. The zero-order chi connectivity index (χ0) is 14.9. The average Bonchev–Trinajstić information content (AvgIpc) is 2.77. The maximum atomic E-state index is 13.3. The van der Waals surface area contributed by atoms with E-state index in [4.69, 9.17) is 0 Å². The van der Waals surface area contributed by atoms with Crippen molar-refractivity contribution in [3.63, 3.8) is 0 Å². The fourth-order valence-corrected chi connectivity index (χ4v) is 2.88. The molecule has 1 heterocycles. The van der Waals surface area contributed by atoms with Gasteiger partial charge in [-0.3, -0.25) is 0 Å². The second-order valence-electron chi connectivity index (χ2n) is 4.39. The van der Waals surface area contributed by atoms with Crippen LogP contribution in [0, 0.1) is 12.7 Å². The molecule has 0 amide bonds. The molecular formula is C14H13F4NS. The molecule has 2 aromatic rings. The molecule has 0 saturated carbocycles. The summed E-state index contributed by atoms with van der Waals surface area (Å²) >= 11 is 1.52. The number of aryl methyl sites for hydroxylation is 1. The summed E-state index contributed by atoms with van der Waals surface area (Å²) in [7, 11) is 1.67. The molecule has 20 heavy (non-hydrogen) atoms. The molecule has 0 bridgehead atoms. The molecule has 1 aromatic carbocycles. The zero-order valence-corrected chi connectivity index (χ0v) is 11.7. The van der Waals surface area contributed by atoms with Crippen molar-refractivity contribution in [2.45, 2.75) is 19.1 Å². The van der Waals surface area contributed by atoms with E-state index in [0.717, 1.165) is 22.6 Å². The van der Waals surface area contributed by atoms with Crippen molar-refractivity contribution in [1.29, 1.82) is 0 Å². The van der Waals surface area contributed by atoms with E-state index in [9.17, 15) is 17.6 Å². The fraction of sp³-hybridized carbons (Fsp3) is 0.286. The minimum absolute atomic E-state index is 0.386. The highest BCUT2D eigenvalue weighted by atomic mass is 32.1. The monoisotopic (exact) mass is 303 g/mol. The number of rotatable bonds is 3. The molecule has 0 aliphatic heterocycles. The Balaban J connectivity index is 2.49. The van der Waals surface area contributed by atoms with E-state index in [2.05, 4.69) is 5.32 Å². The van der Waals surface area contributed by atoms with Crippen LogP contribution in [-0.4, -0.2) is 7.05 Å². The van der Waals surface area contributed by atoms with Gasteiger partial charge in [0, 0.05) is 4.88 Å². The average molecular weight is 303 g/mol. The largest absolute Gasteiger partial charge is 0.419 e. The molecule has 0 saturated heterocycles. The van der Waals surface area contributed by atoms with Crippen molar-refractivity contribution in [3.05, 3.63) is 57.0 Å². The summed E-state index contributed by atoms with van der Waals surface area (Å²) in [6.07, 6.45) is -4.69. The van der Waals surface area contributed by atoms with Gasteiger partial charge < -0.3 is 5.32 Å². The highest BCUT2D eigenvalue weighted by Gasteiger charge is 2.34. The molecular weight excluding hydrogens is 290 g/mol. The van der Waals surface area contributed by atoms with Crippen molar-refractivity contribution in [3.8, 4) is 0 Å². The quantitative estimate of drug-likeness (QED) is 0.822. The first-order chi connectivity index (χ1) is 9.34. The number of thiophene rings is 1. The van der Waals surface area contributed by atoms with Crippen LogP contribution in [0.25, 0.3) is 0 Å². The Morgan fingerprint density at radius 1 is 1.20 bits per heavy atom. The Kier molecular flexibility index (Phi) is 4.15. The van der Waals surface area contributed by atoms with Gasteiger partial charge >= 0.3 is 6.18 Å². The highest BCUT2D eigenvalue weighted by Crippen LogP contribution is 2.35. The van der Waals surface area contributed by atoms with E-state index in [0.29, 0.717) is 5.56 Å². The zero-order valence-electron chi connectivity index (χ0n) is 10.9. The van der Waals surface area contributed by atoms with Crippen LogP contribution < -0.4 is 5.32 Å². The Bertz CT molecular complexity index is 603. The molecule has 6 heteroatoms. The van der Waals surface area contributed by atoms with Crippen LogP contribution in [0.15, 0.2) is 29.6 Å². The van der Waals surface area contributed by atoms with Crippen LogP contribution >= 0.6 is 11.3 Å². The number of alkyl halides is 3. The molecule has 1 unspecified atom stereocenters. The van der Waals surface area contributed by atoms with E-state index >= 15 is 0 Å². The van der Waals surface area contributed by atoms with Crippen molar-refractivity contribution in [2.75, 3.05) is 7.05 Å². The van der Waals surface area contributed by atoms with Gasteiger partial charge in [-0.1, -0.05) is 6.07 Å². The first-order valence-corrected chi connectivity index (χ1v) is 6.80. The van der Waals surface area contributed by atoms with E-state index in [1.165, 1.54) is 17.4 Å². The van der Waals surface area contributed by atoms with Crippen molar-refractivity contribution < 1.29 is 17.6 Å². The number of hydrogen-bond acceptors (Lipinski definition) is 2.